The molecule has 0 spiro atoms. The number of hydrazine groups is 1. The number of piperidine rings is 1. The fourth-order valence-corrected chi connectivity index (χ4v) is 11.3. The number of nitrogens with one attached hydrogen (secondary N) is 2. The molecule has 7 heterocycles. The molecule has 3 fully saturated rings. The van der Waals surface area contributed by atoms with Gasteiger partial charge >= 0.3 is 12.0 Å². The number of esters is 1. The molecule has 16 nitrogen and oxygen atoms in total. The monoisotopic (exact) mass is 954 g/mol. The number of amides is 4. The summed E-state index contributed by atoms with van der Waals surface area (Å²) in [5.41, 5.74) is 10.8. The van der Waals surface area contributed by atoms with Crippen molar-refractivity contribution < 1.29 is 33.4 Å². The van der Waals surface area contributed by atoms with Gasteiger partial charge in [0.2, 0.25) is 5.91 Å². The average Bonchev–Trinajstić information content (AvgIpc) is 3.93. The van der Waals surface area contributed by atoms with Crippen molar-refractivity contribution in [2.45, 2.75) is 117 Å². The predicted molar refractivity (Wildman–Crippen MR) is 263 cm³/mol. The van der Waals surface area contributed by atoms with Crippen LogP contribution < -0.4 is 10.7 Å². The first-order valence-electron chi connectivity index (χ1n) is 24.5. The van der Waals surface area contributed by atoms with Crippen LogP contribution in [0.1, 0.15) is 101 Å². The number of rotatable bonds is 9. The maximum absolute atomic E-state index is 14.6. The molecule has 68 heavy (non-hydrogen) atoms. The van der Waals surface area contributed by atoms with Crippen LogP contribution in [0, 0.1) is 11.3 Å². The highest BCUT2D eigenvalue weighted by molar-refractivity contribution is 7.10. The molecule has 0 saturated carbocycles. The number of hydrogen-bond acceptors (Lipinski definition) is 12. The second kappa shape index (κ2) is 21.0. The van der Waals surface area contributed by atoms with Crippen molar-refractivity contribution in [2.24, 2.45) is 11.3 Å². The summed E-state index contributed by atoms with van der Waals surface area (Å²) in [6.45, 7) is 17.3. The Morgan fingerprint density at radius 1 is 1.06 bits per heavy atom. The van der Waals surface area contributed by atoms with Gasteiger partial charge in [0.05, 0.1) is 48.0 Å². The van der Waals surface area contributed by atoms with Crippen LogP contribution in [0.2, 0.25) is 0 Å². The van der Waals surface area contributed by atoms with Crippen molar-refractivity contribution in [3.05, 3.63) is 57.7 Å². The summed E-state index contributed by atoms with van der Waals surface area (Å²) >= 11 is 1.44. The van der Waals surface area contributed by atoms with E-state index in [0.717, 1.165) is 70.6 Å². The highest BCUT2D eigenvalue weighted by Gasteiger charge is 2.39. The Morgan fingerprint density at radius 2 is 1.81 bits per heavy atom. The number of carbonyl (C=O) groups is 4. The molecule has 4 atom stereocenters. The van der Waals surface area contributed by atoms with Gasteiger partial charge in [0, 0.05) is 85.8 Å². The predicted octanol–water partition coefficient (Wildman–Crippen LogP) is 6.42. The van der Waals surface area contributed by atoms with Crippen LogP contribution in [-0.4, -0.2) is 150 Å². The molecule has 4 aromatic rings. The molecule has 4 aliphatic heterocycles. The lowest BCUT2D eigenvalue weighted by Crippen LogP contribution is -2.62. The fraction of sp³-hybridized carbons (Fsp3) is 0.608. The van der Waals surface area contributed by atoms with Crippen LogP contribution in [-0.2, 0) is 48.0 Å². The quantitative estimate of drug-likeness (QED) is 0.178. The minimum Gasteiger partial charge on any atom is -0.464 e. The number of aryl methyl sites for hydroxylation is 1. The molecule has 6 bridgehead atoms. The molecule has 3 aromatic heterocycles. The van der Waals surface area contributed by atoms with E-state index in [1.54, 1.807) is 19.1 Å². The highest BCUT2D eigenvalue weighted by Crippen LogP contribution is 2.43. The van der Waals surface area contributed by atoms with Crippen LogP contribution in [0.15, 0.2) is 35.8 Å². The van der Waals surface area contributed by atoms with E-state index >= 15 is 0 Å². The number of nitrogens with zero attached hydrogens (tertiary/aromatic N) is 7. The van der Waals surface area contributed by atoms with E-state index in [-0.39, 0.29) is 31.1 Å². The second-order valence-corrected chi connectivity index (χ2v) is 21.2. The Labute approximate surface area is 405 Å². The molecule has 0 aliphatic carbocycles. The minimum atomic E-state index is -1.05. The lowest BCUT2D eigenvalue weighted by atomic mass is 9.83. The summed E-state index contributed by atoms with van der Waals surface area (Å²) in [6.07, 6.45) is 5.67. The van der Waals surface area contributed by atoms with E-state index in [1.807, 2.05) is 19.2 Å². The second-order valence-electron chi connectivity index (χ2n) is 20.3. The molecular weight excluding hydrogens is 883 g/mol. The SMILES string of the molecule is CCn1c(-c2cc(C3CCN(C)CC3)cnc2[C@H](C)OC)c2c3cc(ccc31)-c1csc(n1)C[C@H](NC(=O)[C@H](C(C)C)N(C)C(=O)N1CCOCC1)C(=O)N1CCC[C@H](N1)C(=O)OCC(C)(C)C2. The minimum absolute atomic E-state index is 0.105. The molecule has 0 unspecified atom stereocenters. The number of thiazole rings is 1. The molecule has 0 radical (unpaired) electrons. The Hall–Kier alpha value is -4.94. The normalized spacial score (nSPS) is 21.9. The topological polar surface area (TPSA) is 164 Å². The largest absolute Gasteiger partial charge is 0.464 e. The smallest absolute Gasteiger partial charge is 0.324 e. The number of methoxy groups -OCH3 is 1. The van der Waals surface area contributed by atoms with Crippen molar-refractivity contribution in [3.8, 4) is 22.5 Å². The van der Waals surface area contributed by atoms with E-state index in [0.29, 0.717) is 69.6 Å². The van der Waals surface area contributed by atoms with Gasteiger partial charge in [0.15, 0.2) is 0 Å². The van der Waals surface area contributed by atoms with Crippen molar-refractivity contribution in [2.75, 3.05) is 73.7 Å². The van der Waals surface area contributed by atoms with Gasteiger partial charge in [-0.25, -0.2) is 15.2 Å². The number of likely N-dealkylation sites (tertiary alicyclic amines) is 1. The van der Waals surface area contributed by atoms with Crippen LogP contribution >= 0.6 is 11.3 Å². The van der Waals surface area contributed by atoms with E-state index in [1.165, 1.54) is 26.8 Å². The summed E-state index contributed by atoms with van der Waals surface area (Å²) in [5, 5.41) is 8.25. The van der Waals surface area contributed by atoms with Crippen molar-refractivity contribution in [1.82, 2.24) is 45.0 Å². The number of ether oxygens (including phenoxy) is 3. The number of likely N-dealkylation sites (N-methyl/N-ethyl adjacent to an activating group) is 1. The summed E-state index contributed by atoms with van der Waals surface area (Å²) in [5.74, 6) is -1.14. The first-order valence-corrected chi connectivity index (χ1v) is 25.4. The number of benzene rings is 1. The van der Waals surface area contributed by atoms with Gasteiger partial charge in [-0.15, -0.1) is 11.3 Å². The fourth-order valence-electron chi connectivity index (χ4n) is 10.5. The zero-order valence-corrected chi connectivity index (χ0v) is 42.2. The molecule has 4 amide bonds. The van der Waals surface area contributed by atoms with Gasteiger partial charge < -0.3 is 38.8 Å². The Bertz CT molecular complexity index is 2470. The van der Waals surface area contributed by atoms with Crippen LogP contribution in [0.4, 0.5) is 4.79 Å². The maximum Gasteiger partial charge on any atom is 0.324 e. The van der Waals surface area contributed by atoms with Crippen LogP contribution in [0.3, 0.4) is 0 Å². The first kappa shape index (κ1) is 49.5. The maximum atomic E-state index is 14.6. The zero-order chi connectivity index (χ0) is 48.4. The molecule has 2 N–H and O–H groups in total. The van der Waals surface area contributed by atoms with Gasteiger partial charge in [-0.2, -0.15) is 0 Å². The number of cyclic esters (lactones) is 1. The van der Waals surface area contributed by atoms with Crippen molar-refractivity contribution in [1.29, 1.82) is 0 Å². The van der Waals surface area contributed by atoms with Crippen LogP contribution in [0.25, 0.3) is 33.4 Å². The number of carbonyl (C=O) groups excluding carboxylic acids is 4. The Morgan fingerprint density at radius 3 is 2.51 bits per heavy atom. The molecule has 368 valence electrons. The van der Waals surface area contributed by atoms with Crippen LogP contribution in [0.5, 0.6) is 0 Å². The van der Waals surface area contributed by atoms with Gasteiger partial charge in [-0.3, -0.25) is 24.4 Å². The van der Waals surface area contributed by atoms with E-state index in [2.05, 4.69) is 85.4 Å². The average molecular weight is 954 g/mol. The number of fused-ring (bicyclic) bond motifs is 6. The summed E-state index contributed by atoms with van der Waals surface area (Å²) in [4.78, 5) is 72.6. The highest BCUT2D eigenvalue weighted by atomic mass is 32.1. The molecule has 8 rings (SSSR count). The number of urea groups is 1. The molecule has 4 aliphatic rings. The lowest BCUT2D eigenvalue weighted by molar-refractivity contribution is -0.155. The van der Waals surface area contributed by atoms with Gasteiger partial charge in [-0.05, 0) is 107 Å². The van der Waals surface area contributed by atoms with Gasteiger partial charge in [0.1, 0.15) is 18.1 Å². The van der Waals surface area contributed by atoms with E-state index in [4.69, 9.17) is 24.2 Å². The molecule has 3 saturated heterocycles. The number of aromatic nitrogens is 3. The Balaban J connectivity index is 1.21. The standard InChI is InChI=1S/C51H71N9O7S/c1-10-59-42-14-13-34-24-36(42)38(46(59)37-25-35(28-52-44(37)32(4)65-9)33-15-18-56(7)19-16-33)27-51(5,6)30-67-49(63)39-12-11-17-60(55-39)48(62)40(26-43-53-41(34)29-68-43)54-47(61)45(31(2)3)57(8)50(64)58-20-22-66-23-21-58/h13-14,24-25,28-29,31-33,39-40,45,55H,10-12,15-23,26-27,30H2,1-9H3,(H,54,61)/t32-,39-,40-,45-/m0/s1. The van der Waals surface area contributed by atoms with Crippen molar-refractivity contribution >= 4 is 46.1 Å². The van der Waals surface area contributed by atoms with Gasteiger partial charge in [0.25, 0.3) is 5.91 Å². The van der Waals surface area contributed by atoms with Gasteiger partial charge in [-0.1, -0.05) is 33.8 Å². The zero-order valence-electron chi connectivity index (χ0n) is 41.4. The van der Waals surface area contributed by atoms with Crippen molar-refractivity contribution in [3.63, 3.8) is 0 Å². The first-order chi connectivity index (χ1) is 32.6. The third kappa shape index (κ3) is 10.5. The third-order valence-electron chi connectivity index (χ3n) is 14.3. The molecular formula is C51H71N9O7S. The molecule has 17 heteroatoms. The molecule has 1 aromatic carbocycles. The third-order valence-corrected chi connectivity index (χ3v) is 15.2. The lowest BCUT2D eigenvalue weighted by Gasteiger charge is -2.38. The number of pyridine rings is 1. The van der Waals surface area contributed by atoms with E-state index in [9.17, 15) is 19.2 Å². The summed E-state index contributed by atoms with van der Waals surface area (Å²) < 4.78 is 20.0. The number of hydrogen-bond donors (Lipinski definition) is 2. The summed E-state index contributed by atoms with van der Waals surface area (Å²) in [7, 11) is 5.54. The Kier molecular flexibility index (Phi) is 15.3. The summed E-state index contributed by atoms with van der Waals surface area (Å²) in [6, 6.07) is 5.91. The van der Waals surface area contributed by atoms with E-state index < -0.39 is 41.3 Å². The number of morpholine rings is 1.